The predicted octanol–water partition coefficient (Wildman–Crippen LogP) is 3.61. The Morgan fingerprint density at radius 3 is 2.53 bits per heavy atom. The van der Waals surface area contributed by atoms with Crippen LogP contribution in [0.4, 0.5) is 21.9 Å². The number of hydrogen-bond acceptors (Lipinski definition) is 5. The maximum Gasteiger partial charge on any atom is 0.413 e. The van der Waals surface area contributed by atoms with Gasteiger partial charge in [0.2, 0.25) is 11.8 Å². The van der Waals surface area contributed by atoms with Crippen LogP contribution in [0.2, 0.25) is 0 Å². The van der Waals surface area contributed by atoms with Crippen molar-refractivity contribution < 1.29 is 23.9 Å². The summed E-state index contributed by atoms with van der Waals surface area (Å²) in [6.45, 7) is 2.28. The number of nitrogens with one attached hydrogen (secondary N) is 1. The van der Waals surface area contributed by atoms with Gasteiger partial charge < -0.3 is 15.0 Å². The molecule has 2 aromatic carbocycles. The zero-order valence-corrected chi connectivity index (χ0v) is 19.5. The summed E-state index contributed by atoms with van der Waals surface area (Å²) in [6.07, 6.45) is 1.14. The van der Waals surface area contributed by atoms with Crippen LogP contribution < -0.4 is 15.1 Å². The minimum atomic E-state index is -0.722. The third-order valence-electron chi connectivity index (χ3n) is 6.52. The number of para-hydroxylation sites is 1. The lowest BCUT2D eigenvalue weighted by atomic mass is 9.98. The van der Waals surface area contributed by atoms with Crippen molar-refractivity contribution in [3.05, 3.63) is 54.1 Å². The summed E-state index contributed by atoms with van der Waals surface area (Å²) in [7, 11) is 2.91. The van der Waals surface area contributed by atoms with Crippen LogP contribution in [-0.4, -0.2) is 55.1 Å². The molecule has 2 aliphatic rings. The molecule has 0 bridgehead atoms. The molecule has 0 aromatic heterocycles. The Morgan fingerprint density at radius 2 is 1.82 bits per heavy atom. The highest BCUT2D eigenvalue weighted by molar-refractivity contribution is 6.10. The summed E-state index contributed by atoms with van der Waals surface area (Å²) in [5.74, 6) is -0.287. The number of carbonyl (C=O) groups is 4. The smallest absolute Gasteiger partial charge is 0.413 e. The first-order chi connectivity index (χ1) is 16.3. The van der Waals surface area contributed by atoms with Gasteiger partial charge in [0.1, 0.15) is 5.66 Å². The molecule has 1 unspecified atom stereocenters. The highest BCUT2D eigenvalue weighted by atomic mass is 16.5. The van der Waals surface area contributed by atoms with Crippen LogP contribution in [0.1, 0.15) is 43.0 Å². The van der Waals surface area contributed by atoms with E-state index in [4.69, 9.17) is 0 Å². The van der Waals surface area contributed by atoms with Crippen LogP contribution in [-0.2, 0) is 14.3 Å². The molecule has 1 fully saturated rings. The summed E-state index contributed by atoms with van der Waals surface area (Å²) < 4.78 is 4.69. The van der Waals surface area contributed by atoms with Gasteiger partial charge in [0.15, 0.2) is 0 Å². The first-order valence-corrected chi connectivity index (χ1v) is 11.2. The van der Waals surface area contributed by atoms with E-state index in [-0.39, 0.29) is 24.1 Å². The van der Waals surface area contributed by atoms with E-state index in [2.05, 4.69) is 10.1 Å². The third kappa shape index (κ3) is 4.09. The van der Waals surface area contributed by atoms with Gasteiger partial charge in [-0.15, -0.1) is 0 Å². The molecular formula is C25H28N4O5. The highest BCUT2D eigenvalue weighted by Gasteiger charge is 2.52. The van der Waals surface area contributed by atoms with Crippen molar-refractivity contribution in [2.24, 2.45) is 0 Å². The standard InChI is InChI=1S/C25H28N4O5/c1-25-15-14-22(31)29(25)20-8-5-4-7-19(20)23(32)28(25)16-6-9-21(30)26-17-10-12-18(13-11-17)27(2)24(33)34-3/h4-5,7-8,10-13H,6,9,14-16H2,1-3H3,(H,26,30). The number of anilines is 3. The summed E-state index contributed by atoms with van der Waals surface area (Å²) in [5, 5.41) is 2.84. The molecule has 1 atom stereocenters. The number of ether oxygens (including phenoxy) is 1. The van der Waals surface area contributed by atoms with Crippen molar-refractivity contribution in [3.63, 3.8) is 0 Å². The molecule has 0 radical (unpaired) electrons. The SMILES string of the molecule is COC(=O)N(C)c1ccc(NC(=O)CCCN2C(=O)c3ccccc3N3C(=O)CCC23C)cc1. The second-order valence-electron chi connectivity index (χ2n) is 8.65. The van der Waals surface area contributed by atoms with Crippen molar-refractivity contribution >= 4 is 40.9 Å². The number of benzene rings is 2. The first kappa shape index (κ1) is 23.3. The van der Waals surface area contributed by atoms with Crippen molar-refractivity contribution in [3.8, 4) is 0 Å². The molecule has 34 heavy (non-hydrogen) atoms. The Kier molecular flexibility index (Phi) is 6.28. The molecule has 2 aromatic rings. The van der Waals surface area contributed by atoms with Gasteiger partial charge in [-0.1, -0.05) is 12.1 Å². The molecule has 0 saturated carbocycles. The molecule has 0 aliphatic carbocycles. The zero-order valence-electron chi connectivity index (χ0n) is 19.5. The molecule has 0 spiro atoms. The van der Waals surface area contributed by atoms with Crippen LogP contribution in [0.15, 0.2) is 48.5 Å². The molecule has 9 heteroatoms. The fraction of sp³-hybridized carbons (Fsp3) is 0.360. The highest BCUT2D eigenvalue weighted by Crippen LogP contribution is 2.44. The average molecular weight is 465 g/mol. The molecule has 178 valence electrons. The van der Waals surface area contributed by atoms with Crippen LogP contribution in [0.25, 0.3) is 0 Å². The van der Waals surface area contributed by atoms with Gasteiger partial charge in [0, 0.05) is 37.8 Å². The van der Waals surface area contributed by atoms with Crippen molar-refractivity contribution in [1.29, 1.82) is 0 Å². The van der Waals surface area contributed by atoms with Gasteiger partial charge >= 0.3 is 6.09 Å². The lowest BCUT2D eigenvalue weighted by Crippen LogP contribution is -2.62. The Balaban J connectivity index is 1.38. The monoisotopic (exact) mass is 464 g/mol. The van der Waals surface area contributed by atoms with E-state index in [1.54, 1.807) is 53.2 Å². The average Bonchev–Trinajstić information content (AvgIpc) is 3.15. The van der Waals surface area contributed by atoms with E-state index < -0.39 is 11.8 Å². The summed E-state index contributed by atoms with van der Waals surface area (Å²) in [6, 6.07) is 14.0. The lowest BCUT2D eigenvalue weighted by molar-refractivity contribution is -0.118. The Hall–Kier alpha value is -3.88. The van der Waals surface area contributed by atoms with Gasteiger partial charge in [-0.3, -0.25) is 24.2 Å². The van der Waals surface area contributed by atoms with Crippen molar-refractivity contribution in [2.75, 3.05) is 35.8 Å². The molecule has 1 N–H and O–H groups in total. The van der Waals surface area contributed by atoms with Crippen LogP contribution in [0.5, 0.6) is 0 Å². The Morgan fingerprint density at radius 1 is 1.12 bits per heavy atom. The Labute approximate surface area is 198 Å². The number of amides is 4. The van der Waals surface area contributed by atoms with Gasteiger partial charge in [0.25, 0.3) is 5.91 Å². The fourth-order valence-electron chi connectivity index (χ4n) is 4.67. The Bertz CT molecular complexity index is 1130. The molecule has 9 nitrogen and oxygen atoms in total. The molecular weight excluding hydrogens is 436 g/mol. The second-order valence-corrected chi connectivity index (χ2v) is 8.65. The number of hydrogen-bond donors (Lipinski definition) is 1. The van der Waals surface area contributed by atoms with Crippen LogP contribution in [0.3, 0.4) is 0 Å². The van der Waals surface area contributed by atoms with E-state index in [1.807, 2.05) is 19.1 Å². The maximum atomic E-state index is 13.2. The topological polar surface area (TPSA) is 99.3 Å². The largest absolute Gasteiger partial charge is 0.452 e. The first-order valence-electron chi connectivity index (χ1n) is 11.2. The fourth-order valence-corrected chi connectivity index (χ4v) is 4.67. The van der Waals surface area contributed by atoms with E-state index in [9.17, 15) is 19.2 Å². The predicted molar refractivity (Wildman–Crippen MR) is 128 cm³/mol. The van der Waals surface area contributed by atoms with Gasteiger partial charge in [-0.2, -0.15) is 0 Å². The van der Waals surface area contributed by atoms with Crippen LogP contribution >= 0.6 is 0 Å². The van der Waals surface area contributed by atoms with Crippen molar-refractivity contribution in [1.82, 2.24) is 4.90 Å². The number of nitrogens with zero attached hydrogens (tertiary/aromatic N) is 3. The molecule has 2 aliphatic heterocycles. The van der Waals surface area contributed by atoms with E-state index in [0.717, 1.165) is 0 Å². The summed E-state index contributed by atoms with van der Waals surface area (Å²) >= 11 is 0. The summed E-state index contributed by atoms with van der Waals surface area (Å²) in [5.41, 5.74) is 1.69. The molecule has 4 rings (SSSR count). The number of carbonyl (C=O) groups excluding carboxylic acids is 4. The normalized spacial score (nSPS) is 18.9. The minimum Gasteiger partial charge on any atom is -0.452 e. The summed E-state index contributed by atoms with van der Waals surface area (Å²) in [4.78, 5) is 54.8. The van der Waals surface area contributed by atoms with Gasteiger partial charge in [-0.05, 0) is 56.2 Å². The maximum absolute atomic E-state index is 13.2. The zero-order chi connectivity index (χ0) is 24.5. The van der Waals surface area contributed by atoms with Gasteiger partial charge in [0.05, 0.1) is 18.4 Å². The quantitative estimate of drug-likeness (QED) is 0.704. The third-order valence-corrected chi connectivity index (χ3v) is 6.52. The minimum absolute atomic E-state index is 0.00600. The molecule has 1 saturated heterocycles. The number of rotatable bonds is 6. The molecule has 4 amide bonds. The van der Waals surface area contributed by atoms with Crippen LogP contribution in [0, 0.1) is 0 Å². The van der Waals surface area contributed by atoms with E-state index in [1.165, 1.54) is 12.0 Å². The molecule has 2 heterocycles. The van der Waals surface area contributed by atoms with E-state index in [0.29, 0.717) is 48.4 Å². The second kappa shape index (κ2) is 9.17. The number of methoxy groups -OCH3 is 1. The van der Waals surface area contributed by atoms with Crippen molar-refractivity contribution in [2.45, 2.75) is 38.3 Å². The van der Waals surface area contributed by atoms with E-state index >= 15 is 0 Å². The van der Waals surface area contributed by atoms with Gasteiger partial charge in [-0.25, -0.2) is 4.79 Å². The lowest BCUT2D eigenvalue weighted by Gasteiger charge is -2.48. The number of fused-ring (bicyclic) bond motifs is 3.